The number of rotatable bonds is 4. The summed E-state index contributed by atoms with van der Waals surface area (Å²) in [5.41, 5.74) is 5.25. The number of carboxylic acids is 1. The molecule has 2 heterocycles. The number of allylic oxidation sites excluding steroid dienone is 1. The third-order valence-corrected chi connectivity index (χ3v) is 6.03. The van der Waals surface area contributed by atoms with E-state index in [4.69, 9.17) is 5.73 Å². The average molecular weight is 383 g/mol. The molecule has 0 saturated heterocycles. The number of hydrogen-bond acceptors (Lipinski definition) is 4. The first kappa shape index (κ1) is 18.6. The number of benzene rings is 1. The normalized spacial score (nSPS) is 26.4. The Kier molecular flexibility index (Phi) is 4.42. The van der Waals surface area contributed by atoms with Gasteiger partial charge in [-0.1, -0.05) is 12.5 Å². The first-order valence-corrected chi connectivity index (χ1v) is 9.48. The van der Waals surface area contributed by atoms with Crippen molar-refractivity contribution in [3.8, 4) is 0 Å². The maximum absolute atomic E-state index is 15.3. The number of aliphatic imine (C=N–C) groups is 1. The number of aryl methyl sites for hydroxylation is 1. The minimum atomic E-state index is -1.32. The van der Waals surface area contributed by atoms with Crippen molar-refractivity contribution in [2.75, 3.05) is 0 Å². The Bertz CT molecular complexity index is 1070. The van der Waals surface area contributed by atoms with Crippen LogP contribution in [0.15, 0.2) is 40.3 Å². The summed E-state index contributed by atoms with van der Waals surface area (Å²) in [6.45, 7) is 2.28. The van der Waals surface area contributed by atoms with E-state index < -0.39 is 22.8 Å². The summed E-state index contributed by atoms with van der Waals surface area (Å²) in [5.74, 6) is -1.93. The predicted molar refractivity (Wildman–Crippen MR) is 105 cm³/mol. The first-order chi connectivity index (χ1) is 13.4. The summed E-state index contributed by atoms with van der Waals surface area (Å²) >= 11 is 0. The van der Waals surface area contributed by atoms with Gasteiger partial charge in [-0.3, -0.25) is 9.79 Å². The molecule has 0 spiro atoms. The van der Waals surface area contributed by atoms with Crippen LogP contribution in [-0.2, 0) is 12.1 Å². The number of nitrogens with zero attached hydrogens (tertiary/aromatic N) is 2. The molecule has 0 radical (unpaired) electrons. The van der Waals surface area contributed by atoms with Crippen molar-refractivity contribution in [2.45, 2.75) is 44.3 Å². The lowest BCUT2D eigenvalue weighted by molar-refractivity contribution is 0.0695. The maximum Gasteiger partial charge on any atom is 0.341 e. The maximum atomic E-state index is 15.3. The van der Waals surface area contributed by atoms with E-state index in [1.54, 1.807) is 22.9 Å². The molecule has 3 unspecified atom stereocenters. The van der Waals surface area contributed by atoms with Gasteiger partial charge in [-0.15, -0.1) is 0 Å². The van der Waals surface area contributed by atoms with E-state index in [0.717, 1.165) is 25.3 Å². The molecule has 3 atom stereocenters. The van der Waals surface area contributed by atoms with Crippen molar-refractivity contribution >= 4 is 23.1 Å². The van der Waals surface area contributed by atoms with Crippen molar-refractivity contribution in [3.63, 3.8) is 0 Å². The highest BCUT2D eigenvalue weighted by Crippen LogP contribution is 2.46. The molecule has 7 heteroatoms. The molecule has 1 aromatic carbocycles. The molecule has 0 amide bonds. The SMILES string of the molecule is CCn1cc(C(=O)O)c(=O)c2cc(F)c(C3(C4CCCC4N)C=CC=N3)cc21. The fourth-order valence-corrected chi connectivity index (χ4v) is 4.64. The number of carboxylic acid groups (broad SMARTS) is 1. The smallest absolute Gasteiger partial charge is 0.341 e. The number of halogens is 1. The molecule has 3 N–H and O–H groups in total. The lowest BCUT2D eigenvalue weighted by Gasteiger charge is -2.34. The van der Waals surface area contributed by atoms with Crippen molar-refractivity contribution in [1.82, 2.24) is 4.57 Å². The number of fused-ring (bicyclic) bond motifs is 1. The van der Waals surface area contributed by atoms with Crippen LogP contribution >= 0.6 is 0 Å². The zero-order valence-electron chi connectivity index (χ0n) is 15.6. The van der Waals surface area contributed by atoms with Crippen LogP contribution in [0.25, 0.3) is 10.9 Å². The van der Waals surface area contributed by atoms with E-state index in [-0.39, 0.29) is 22.9 Å². The van der Waals surface area contributed by atoms with Gasteiger partial charge >= 0.3 is 5.97 Å². The fraction of sp³-hybridized carbons (Fsp3) is 0.381. The molecule has 0 bridgehead atoms. The van der Waals surface area contributed by atoms with Gasteiger partial charge in [0.15, 0.2) is 0 Å². The average Bonchev–Trinajstić information content (AvgIpc) is 3.31. The van der Waals surface area contributed by atoms with Gasteiger partial charge in [0.25, 0.3) is 0 Å². The second-order valence-electron chi connectivity index (χ2n) is 7.48. The Labute approximate surface area is 161 Å². The summed E-state index contributed by atoms with van der Waals surface area (Å²) in [4.78, 5) is 28.6. The number of aromatic nitrogens is 1. The molecule has 1 aromatic heterocycles. The quantitative estimate of drug-likeness (QED) is 0.848. The van der Waals surface area contributed by atoms with Crippen molar-refractivity contribution in [1.29, 1.82) is 0 Å². The third-order valence-electron chi connectivity index (χ3n) is 6.03. The molecule has 4 rings (SSSR count). The van der Waals surface area contributed by atoms with Gasteiger partial charge in [-0.2, -0.15) is 0 Å². The lowest BCUT2D eigenvalue weighted by Crippen LogP contribution is -2.40. The van der Waals surface area contributed by atoms with Crippen LogP contribution in [0.3, 0.4) is 0 Å². The van der Waals surface area contributed by atoms with Gasteiger partial charge in [0, 0.05) is 41.9 Å². The highest BCUT2D eigenvalue weighted by Gasteiger charge is 2.46. The second-order valence-corrected chi connectivity index (χ2v) is 7.48. The van der Waals surface area contributed by atoms with Crippen LogP contribution in [0.4, 0.5) is 4.39 Å². The zero-order chi connectivity index (χ0) is 20.1. The monoisotopic (exact) mass is 383 g/mol. The first-order valence-electron chi connectivity index (χ1n) is 9.48. The van der Waals surface area contributed by atoms with E-state index in [9.17, 15) is 14.7 Å². The Morgan fingerprint density at radius 1 is 1.43 bits per heavy atom. The summed E-state index contributed by atoms with van der Waals surface area (Å²) in [5, 5.41) is 9.36. The van der Waals surface area contributed by atoms with Crippen molar-refractivity contribution in [3.05, 3.63) is 57.6 Å². The molecular formula is C21H22FN3O3. The Morgan fingerprint density at radius 2 is 2.21 bits per heavy atom. The van der Waals surface area contributed by atoms with E-state index in [2.05, 4.69) is 4.99 Å². The van der Waals surface area contributed by atoms with E-state index >= 15 is 4.39 Å². The van der Waals surface area contributed by atoms with Gasteiger partial charge in [-0.05, 0) is 38.0 Å². The van der Waals surface area contributed by atoms with Crippen LogP contribution < -0.4 is 11.2 Å². The van der Waals surface area contributed by atoms with Crippen LogP contribution in [0, 0.1) is 11.7 Å². The van der Waals surface area contributed by atoms with Crippen LogP contribution in [-0.4, -0.2) is 27.9 Å². The second kappa shape index (κ2) is 6.67. The molecule has 2 aromatic rings. The van der Waals surface area contributed by atoms with Crippen molar-refractivity contribution < 1.29 is 14.3 Å². The molecule has 2 aliphatic rings. The molecule has 146 valence electrons. The Morgan fingerprint density at radius 3 is 2.79 bits per heavy atom. The van der Waals surface area contributed by atoms with Crippen LogP contribution in [0.5, 0.6) is 0 Å². The highest BCUT2D eigenvalue weighted by atomic mass is 19.1. The number of nitrogens with two attached hydrogens (primary N) is 1. The minimum absolute atomic E-state index is 0.0328. The van der Waals surface area contributed by atoms with Gasteiger partial charge < -0.3 is 15.4 Å². The van der Waals surface area contributed by atoms with Crippen LogP contribution in [0.1, 0.15) is 42.1 Å². The largest absolute Gasteiger partial charge is 0.477 e. The van der Waals surface area contributed by atoms with Gasteiger partial charge in [0.05, 0.1) is 5.52 Å². The molecule has 1 saturated carbocycles. The molecule has 6 nitrogen and oxygen atoms in total. The fourth-order valence-electron chi connectivity index (χ4n) is 4.64. The standard InChI is InChI=1S/C21H22FN3O3/c1-2-25-11-13(20(27)28)19(26)12-9-16(22)15(10-18(12)25)21(7-4-8-24-21)14-5-3-6-17(14)23/h4,7-11,14,17H,2-3,5-6,23H2,1H3,(H,27,28). The summed E-state index contributed by atoms with van der Waals surface area (Å²) in [6, 6.07) is 2.70. The lowest BCUT2D eigenvalue weighted by atomic mass is 9.75. The molecule has 1 aliphatic carbocycles. The number of pyridine rings is 1. The molecular weight excluding hydrogens is 361 g/mol. The molecule has 1 fully saturated rings. The number of carbonyl (C=O) groups is 1. The zero-order valence-corrected chi connectivity index (χ0v) is 15.6. The predicted octanol–water partition coefficient (Wildman–Crippen LogP) is 2.82. The van der Waals surface area contributed by atoms with Gasteiger partial charge in [-0.25, -0.2) is 9.18 Å². The molecule has 28 heavy (non-hydrogen) atoms. The van der Waals surface area contributed by atoms with Gasteiger partial charge in [0.1, 0.15) is 16.9 Å². The Hall–Kier alpha value is -2.80. The summed E-state index contributed by atoms with van der Waals surface area (Å²) < 4.78 is 17.0. The van der Waals surface area contributed by atoms with E-state index in [1.165, 1.54) is 6.20 Å². The topological polar surface area (TPSA) is 97.7 Å². The van der Waals surface area contributed by atoms with Gasteiger partial charge in [0.2, 0.25) is 5.43 Å². The van der Waals surface area contributed by atoms with Crippen molar-refractivity contribution in [2.24, 2.45) is 16.6 Å². The highest BCUT2D eigenvalue weighted by molar-refractivity contribution is 5.93. The third kappa shape index (κ3) is 2.61. The number of hydrogen-bond donors (Lipinski definition) is 2. The summed E-state index contributed by atoms with van der Waals surface area (Å²) in [6.07, 6.45) is 9.34. The minimum Gasteiger partial charge on any atom is -0.477 e. The Balaban J connectivity index is 2.01. The van der Waals surface area contributed by atoms with E-state index in [1.807, 2.05) is 13.0 Å². The number of aromatic carboxylic acids is 1. The summed E-state index contributed by atoms with van der Waals surface area (Å²) in [7, 11) is 0. The van der Waals surface area contributed by atoms with Crippen LogP contribution in [0.2, 0.25) is 0 Å². The van der Waals surface area contributed by atoms with E-state index in [0.29, 0.717) is 17.6 Å². The molecule has 1 aliphatic heterocycles.